The fourth-order valence-corrected chi connectivity index (χ4v) is 2.91. The lowest BCUT2D eigenvalue weighted by molar-refractivity contribution is -0.120. The third-order valence-electron chi connectivity index (χ3n) is 4.03. The topological polar surface area (TPSA) is 45.2 Å². The molecule has 1 aliphatic rings. The number of nitrogens with zero attached hydrogens (tertiary/aromatic N) is 2. The van der Waals surface area contributed by atoms with Crippen molar-refractivity contribution in [3.8, 4) is 0 Å². The molecule has 3 rings (SSSR count). The number of aromatic nitrogens is 1. The van der Waals surface area contributed by atoms with E-state index in [9.17, 15) is 9.18 Å². The number of amides is 1. The molecular weight excluding hydrogens is 317 g/mol. The predicted molar refractivity (Wildman–Crippen MR) is 89.2 cm³/mol. The second-order valence-corrected chi connectivity index (χ2v) is 5.97. The van der Waals surface area contributed by atoms with Crippen LogP contribution >= 0.6 is 11.6 Å². The van der Waals surface area contributed by atoms with E-state index < -0.39 is 5.82 Å². The maximum Gasteiger partial charge on any atom is 0.227 e. The molecule has 1 fully saturated rings. The average molecular weight is 334 g/mol. The minimum Gasteiger partial charge on any atom is -0.357 e. The number of carbonyl (C=O) groups is 1. The van der Waals surface area contributed by atoms with E-state index in [4.69, 9.17) is 11.6 Å². The standard InChI is InChI=1S/C17H17ClFN3O/c18-14-11-13(4-5-15(14)19)21-17(23)12-6-9-22(10-7-12)16-3-1-2-8-20-16/h1-5,8,11-12H,6-7,9-10H2,(H,21,23). The summed E-state index contributed by atoms with van der Waals surface area (Å²) in [5.74, 6) is 0.345. The van der Waals surface area contributed by atoms with Crippen molar-refractivity contribution in [1.29, 1.82) is 0 Å². The van der Waals surface area contributed by atoms with Gasteiger partial charge in [0, 0.05) is 30.9 Å². The van der Waals surface area contributed by atoms with Gasteiger partial charge in [-0.1, -0.05) is 17.7 Å². The number of benzene rings is 1. The van der Waals surface area contributed by atoms with E-state index in [-0.39, 0.29) is 16.8 Å². The van der Waals surface area contributed by atoms with Crippen molar-refractivity contribution in [3.63, 3.8) is 0 Å². The van der Waals surface area contributed by atoms with E-state index in [1.165, 1.54) is 18.2 Å². The largest absolute Gasteiger partial charge is 0.357 e. The Bertz CT molecular complexity index is 687. The molecule has 1 aromatic carbocycles. The number of rotatable bonds is 3. The lowest BCUT2D eigenvalue weighted by atomic mass is 9.96. The van der Waals surface area contributed by atoms with Gasteiger partial charge in [-0.05, 0) is 43.2 Å². The van der Waals surface area contributed by atoms with Crippen LogP contribution < -0.4 is 10.2 Å². The summed E-state index contributed by atoms with van der Waals surface area (Å²) >= 11 is 5.73. The number of piperidine rings is 1. The summed E-state index contributed by atoms with van der Waals surface area (Å²) in [5, 5.41) is 2.82. The quantitative estimate of drug-likeness (QED) is 0.931. The number of anilines is 2. The minimum atomic E-state index is -0.492. The Labute approximate surface area is 139 Å². The lowest BCUT2D eigenvalue weighted by Gasteiger charge is -2.32. The van der Waals surface area contributed by atoms with E-state index >= 15 is 0 Å². The Balaban J connectivity index is 1.57. The van der Waals surface area contributed by atoms with Crippen LogP contribution in [0.5, 0.6) is 0 Å². The molecule has 0 aliphatic carbocycles. The highest BCUT2D eigenvalue weighted by Crippen LogP contribution is 2.24. The van der Waals surface area contributed by atoms with Gasteiger partial charge in [-0.25, -0.2) is 9.37 Å². The number of hydrogen-bond acceptors (Lipinski definition) is 3. The summed E-state index contributed by atoms with van der Waals surface area (Å²) in [6.07, 6.45) is 3.29. The van der Waals surface area contributed by atoms with Crippen LogP contribution in [0.15, 0.2) is 42.6 Å². The van der Waals surface area contributed by atoms with Gasteiger partial charge in [0.1, 0.15) is 11.6 Å². The van der Waals surface area contributed by atoms with Gasteiger partial charge < -0.3 is 10.2 Å². The zero-order valence-corrected chi connectivity index (χ0v) is 13.3. The third-order valence-corrected chi connectivity index (χ3v) is 4.32. The molecule has 0 unspecified atom stereocenters. The van der Waals surface area contributed by atoms with Crippen LogP contribution in [0.25, 0.3) is 0 Å². The van der Waals surface area contributed by atoms with Crippen molar-refractivity contribution < 1.29 is 9.18 Å². The molecule has 1 aromatic heterocycles. The highest BCUT2D eigenvalue weighted by Gasteiger charge is 2.25. The Morgan fingerprint density at radius 1 is 1.26 bits per heavy atom. The van der Waals surface area contributed by atoms with Gasteiger partial charge in [-0.3, -0.25) is 4.79 Å². The Morgan fingerprint density at radius 3 is 2.70 bits per heavy atom. The number of nitrogens with one attached hydrogen (secondary N) is 1. The molecule has 1 saturated heterocycles. The maximum absolute atomic E-state index is 13.1. The minimum absolute atomic E-state index is 0.00720. The normalized spacial score (nSPS) is 15.5. The van der Waals surface area contributed by atoms with Crippen LogP contribution in [0.4, 0.5) is 15.9 Å². The Hall–Kier alpha value is -2.14. The first-order valence-electron chi connectivity index (χ1n) is 7.55. The lowest BCUT2D eigenvalue weighted by Crippen LogP contribution is -2.38. The van der Waals surface area contributed by atoms with E-state index in [2.05, 4.69) is 15.2 Å². The van der Waals surface area contributed by atoms with Crippen molar-refractivity contribution in [3.05, 3.63) is 53.4 Å². The monoisotopic (exact) mass is 333 g/mol. The molecule has 1 amide bonds. The fourth-order valence-electron chi connectivity index (χ4n) is 2.73. The molecule has 1 N–H and O–H groups in total. The van der Waals surface area contributed by atoms with E-state index in [0.717, 1.165) is 31.7 Å². The number of pyridine rings is 1. The molecule has 4 nitrogen and oxygen atoms in total. The van der Waals surface area contributed by atoms with Crippen LogP contribution in [-0.2, 0) is 4.79 Å². The van der Waals surface area contributed by atoms with Crippen molar-refractivity contribution >= 4 is 29.0 Å². The van der Waals surface area contributed by atoms with Crippen molar-refractivity contribution in [2.75, 3.05) is 23.3 Å². The molecular formula is C17H17ClFN3O. The number of carbonyl (C=O) groups excluding carboxylic acids is 1. The first-order valence-corrected chi connectivity index (χ1v) is 7.93. The summed E-state index contributed by atoms with van der Waals surface area (Å²) < 4.78 is 13.1. The molecule has 0 spiro atoms. The van der Waals surface area contributed by atoms with Gasteiger partial charge >= 0.3 is 0 Å². The highest BCUT2D eigenvalue weighted by atomic mass is 35.5. The third kappa shape index (κ3) is 3.79. The molecule has 2 heterocycles. The summed E-state index contributed by atoms with van der Waals surface area (Å²) in [4.78, 5) is 18.8. The Morgan fingerprint density at radius 2 is 2.04 bits per heavy atom. The van der Waals surface area contributed by atoms with Gasteiger partial charge in [0.2, 0.25) is 5.91 Å². The maximum atomic E-state index is 13.1. The average Bonchev–Trinajstić information content (AvgIpc) is 2.59. The van der Waals surface area contributed by atoms with Gasteiger partial charge in [-0.15, -0.1) is 0 Å². The predicted octanol–water partition coefficient (Wildman–Crippen LogP) is 3.73. The first-order chi connectivity index (χ1) is 11.1. The fraction of sp³-hybridized carbons (Fsp3) is 0.294. The number of hydrogen-bond donors (Lipinski definition) is 1. The Kier molecular flexibility index (Phi) is 4.76. The van der Waals surface area contributed by atoms with Gasteiger partial charge in [0.25, 0.3) is 0 Å². The van der Waals surface area contributed by atoms with Crippen molar-refractivity contribution in [1.82, 2.24) is 4.98 Å². The molecule has 23 heavy (non-hydrogen) atoms. The van der Waals surface area contributed by atoms with Gasteiger partial charge in [-0.2, -0.15) is 0 Å². The molecule has 0 saturated carbocycles. The highest BCUT2D eigenvalue weighted by molar-refractivity contribution is 6.31. The van der Waals surface area contributed by atoms with Crippen LogP contribution in [0.3, 0.4) is 0 Å². The molecule has 0 atom stereocenters. The zero-order valence-electron chi connectivity index (χ0n) is 12.5. The first kappa shape index (κ1) is 15.7. The zero-order chi connectivity index (χ0) is 16.2. The molecule has 2 aromatic rings. The SMILES string of the molecule is O=C(Nc1ccc(F)c(Cl)c1)C1CCN(c2ccccn2)CC1. The van der Waals surface area contributed by atoms with Crippen LogP contribution in [0, 0.1) is 11.7 Å². The molecule has 1 aliphatic heterocycles. The summed E-state index contributed by atoms with van der Waals surface area (Å²) in [6, 6.07) is 10.0. The van der Waals surface area contributed by atoms with E-state index in [1.807, 2.05) is 18.2 Å². The second kappa shape index (κ2) is 6.96. The van der Waals surface area contributed by atoms with Gasteiger partial charge in [0.15, 0.2) is 0 Å². The van der Waals surface area contributed by atoms with Crippen molar-refractivity contribution in [2.45, 2.75) is 12.8 Å². The van der Waals surface area contributed by atoms with Gasteiger partial charge in [0.05, 0.1) is 5.02 Å². The molecule has 0 bridgehead atoms. The van der Waals surface area contributed by atoms with Crippen LogP contribution in [0.1, 0.15) is 12.8 Å². The van der Waals surface area contributed by atoms with Crippen LogP contribution in [0.2, 0.25) is 5.02 Å². The van der Waals surface area contributed by atoms with E-state index in [1.54, 1.807) is 6.20 Å². The van der Waals surface area contributed by atoms with Crippen LogP contribution in [-0.4, -0.2) is 24.0 Å². The molecule has 0 radical (unpaired) electrons. The smallest absolute Gasteiger partial charge is 0.227 e. The summed E-state index contributed by atoms with van der Waals surface area (Å²) in [7, 11) is 0. The molecule has 6 heteroatoms. The van der Waals surface area contributed by atoms with E-state index in [0.29, 0.717) is 5.69 Å². The number of halogens is 2. The summed E-state index contributed by atoms with van der Waals surface area (Å²) in [6.45, 7) is 1.58. The second-order valence-electron chi connectivity index (χ2n) is 5.57. The molecule has 120 valence electrons. The summed E-state index contributed by atoms with van der Waals surface area (Å²) in [5.41, 5.74) is 0.522. The van der Waals surface area contributed by atoms with Crippen molar-refractivity contribution in [2.24, 2.45) is 5.92 Å².